The van der Waals surface area contributed by atoms with Crippen LogP contribution in [-0.2, 0) is 4.79 Å². The maximum Gasteiger partial charge on any atom is 0.237 e. The van der Waals surface area contributed by atoms with Gasteiger partial charge in [-0.3, -0.25) is 4.79 Å². The Kier molecular flexibility index (Phi) is 5.91. The van der Waals surface area contributed by atoms with Gasteiger partial charge in [-0.15, -0.1) is 0 Å². The van der Waals surface area contributed by atoms with E-state index >= 15 is 0 Å². The van der Waals surface area contributed by atoms with Gasteiger partial charge in [0.05, 0.1) is 12.1 Å². The van der Waals surface area contributed by atoms with Crippen molar-refractivity contribution in [2.45, 2.75) is 38.8 Å². The van der Waals surface area contributed by atoms with Crippen molar-refractivity contribution < 1.29 is 9.18 Å². The minimum Gasteiger partial charge on any atom is -0.369 e. The van der Waals surface area contributed by atoms with E-state index in [4.69, 9.17) is 0 Å². The first kappa shape index (κ1) is 18.1. The zero-order chi connectivity index (χ0) is 17.8. The van der Waals surface area contributed by atoms with Crippen LogP contribution in [0.3, 0.4) is 0 Å². The molecule has 0 radical (unpaired) electrons. The van der Waals surface area contributed by atoms with Gasteiger partial charge in [0.25, 0.3) is 0 Å². The number of likely N-dealkylation sites (N-methyl/N-ethyl adjacent to an activating group) is 1. The molecule has 0 spiro atoms. The largest absolute Gasteiger partial charge is 0.369 e. The quantitative estimate of drug-likeness (QED) is 0.853. The summed E-state index contributed by atoms with van der Waals surface area (Å²) in [6, 6.07) is 4.59. The van der Waals surface area contributed by atoms with Crippen LogP contribution >= 0.6 is 0 Å². The van der Waals surface area contributed by atoms with Crippen molar-refractivity contribution in [2.75, 3.05) is 44.2 Å². The Labute approximate surface area is 149 Å². The summed E-state index contributed by atoms with van der Waals surface area (Å²) in [6.45, 7) is 9.94. The molecule has 2 heterocycles. The summed E-state index contributed by atoms with van der Waals surface area (Å²) in [6.07, 6.45) is 1.90. The van der Waals surface area contributed by atoms with Crippen LogP contribution in [0.2, 0.25) is 0 Å². The fourth-order valence-corrected chi connectivity index (χ4v) is 3.77. The summed E-state index contributed by atoms with van der Waals surface area (Å²) in [5.41, 5.74) is 1.89. The molecule has 0 saturated carbocycles. The van der Waals surface area contributed by atoms with Crippen LogP contribution < -0.4 is 15.5 Å². The van der Waals surface area contributed by atoms with Crippen LogP contribution in [0.15, 0.2) is 18.2 Å². The Balaban J connectivity index is 1.73. The lowest BCUT2D eigenvalue weighted by molar-refractivity contribution is -0.123. The SMILES string of the molecule is CCN1CCN(c2ccc(F)cc2[C@@H](C)NC(=O)[C@@H]2CCCN2)CC1. The maximum absolute atomic E-state index is 13.9. The molecule has 0 aliphatic carbocycles. The second-order valence-corrected chi connectivity index (χ2v) is 7.00. The van der Waals surface area contributed by atoms with Gasteiger partial charge in [0.1, 0.15) is 5.82 Å². The van der Waals surface area contributed by atoms with E-state index in [0.717, 1.165) is 63.4 Å². The van der Waals surface area contributed by atoms with E-state index in [0.29, 0.717) is 0 Å². The van der Waals surface area contributed by atoms with E-state index in [2.05, 4.69) is 27.4 Å². The summed E-state index contributed by atoms with van der Waals surface area (Å²) in [4.78, 5) is 17.1. The second-order valence-electron chi connectivity index (χ2n) is 7.00. The van der Waals surface area contributed by atoms with Crippen LogP contribution in [0.5, 0.6) is 0 Å². The Bertz CT molecular complexity index is 595. The standard InChI is InChI=1S/C19H29FN4O/c1-3-23-9-11-24(12-10-23)18-7-6-15(20)13-16(18)14(2)22-19(25)17-5-4-8-21-17/h6-7,13-14,17,21H,3-5,8-12H2,1-2H3,(H,22,25)/t14-,17+/m1/s1. The number of nitrogens with one attached hydrogen (secondary N) is 2. The molecule has 0 unspecified atom stereocenters. The first-order chi connectivity index (χ1) is 12.1. The third kappa shape index (κ3) is 4.30. The van der Waals surface area contributed by atoms with E-state index in [1.165, 1.54) is 6.07 Å². The first-order valence-electron chi connectivity index (χ1n) is 9.39. The van der Waals surface area contributed by atoms with E-state index in [1.807, 2.05) is 13.0 Å². The molecule has 1 aromatic carbocycles. The van der Waals surface area contributed by atoms with Gasteiger partial charge in [-0.2, -0.15) is 0 Å². The van der Waals surface area contributed by atoms with E-state index in [9.17, 15) is 9.18 Å². The van der Waals surface area contributed by atoms with Gasteiger partial charge in [-0.25, -0.2) is 4.39 Å². The van der Waals surface area contributed by atoms with Gasteiger partial charge in [-0.1, -0.05) is 6.92 Å². The Morgan fingerprint density at radius 1 is 1.36 bits per heavy atom. The number of hydrogen-bond donors (Lipinski definition) is 2. The predicted molar refractivity (Wildman–Crippen MR) is 98.3 cm³/mol. The van der Waals surface area contributed by atoms with Gasteiger partial charge in [0.15, 0.2) is 0 Å². The number of hydrogen-bond acceptors (Lipinski definition) is 4. The zero-order valence-corrected chi connectivity index (χ0v) is 15.2. The molecule has 25 heavy (non-hydrogen) atoms. The van der Waals surface area contributed by atoms with Crippen molar-refractivity contribution in [1.82, 2.24) is 15.5 Å². The number of carbonyl (C=O) groups excluding carboxylic acids is 1. The smallest absolute Gasteiger partial charge is 0.237 e. The molecule has 2 N–H and O–H groups in total. The molecule has 1 aromatic rings. The zero-order valence-electron chi connectivity index (χ0n) is 15.2. The monoisotopic (exact) mass is 348 g/mol. The molecule has 2 fully saturated rings. The summed E-state index contributed by atoms with van der Waals surface area (Å²) >= 11 is 0. The second kappa shape index (κ2) is 8.15. The molecule has 3 rings (SSSR count). The molecule has 138 valence electrons. The van der Waals surface area contributed by atoms with Crippen molar-refractivity contribution in [3.8, 4) is 0 Å². The number of anilines is 1. The van der Waals surface area contributed by atoms with Gasteiger partial charge in [0.2, 0.25) is 5.91 Å². The lowest BCUT2D eigenvalue weighted by Gasteiger charge is -2.37. The Morgan fingerprint density at radius 2 is 2.12 bits per heavy atom. The number of piperazine rings is 1. The van der Waals surface area contributed by atoms with Crippen LogP contribution in [0.4, 0.5) is 10.1 Å². The van der Waals surface area contributed by atoms with Crippen LogP contribution in [-0.4, -0.2) is 56.1 Å². The Hall–Kier alpha value is -1.66. The molecule has 2 saturated heterocycles. The fourth-order valence-electron chi connectivity index (χ4n) is 3.77. The summed E-state index contributed by atoms with van der Waals surface area (Å²) in [5.74, 6) is -0.248. The van der Waals surface area contributed by atoms with Crippen molar-refractivity contribution in [1.29, 1.82) is 0 Å². The molecule has 6 heteroatoms. The highest BCUT2D eigenvalue weighted by atomic mass is 19.1. The molecule has 0 bridgehead atoms. The highest BCUT2D eigenvalue weighted by molar-refractivity contribution is 5.82. The first-order valence-corrected chi connectivity index (χ1v) is 9.39. The number of halogens is 1. The third-order valence-electron chi connectivity index (χ3n) is 5.35. The average molecular weight is 348 g/mol. The number of nitrogens with zero attached hydrogens (tertiary/aromatic N) is 2. The summed E-state index contributed by atoms with van der Waals surface area (Å²) in [7, 11) is 0. The van der Waals surface area contributed by atoms with E-state index in [1.54, 1.807) is 6.07 Å². The van der Waals surface area contributed by atoms with E-state index in [-0.39, 0.29) is 23.8 Å². The highest BCUT2D eigenvalue weighted by Crippen LogP contribution is 2.28. The number of benzene rings is 1. The maximum atomic E-state index is 13.9. The number of amides is 1. The number of carbonyl (C=O) groups is 1. The van der Waals surface area contributed by atoms with Crippen LogP contribution in [0.1, 0.15) is 38.3 Å². The minimum absolute atomic E-state index is 0.0102. The summed E-state index contributed by atoms with van der Waals surface area (Å²) < 4.78 is 13.9. The molecule has 2 atom stereocenters. The highest BCUT2D eigenvalue weighted by Gasteiger charge is 2.26. The van der Waals surface area contributed by atoms with Crippen molar-refractivity contribution >= 4 is 11.6 Å². The Morgan fingerprint density at radius 3 is 2.76 bits per heavy atom. The molecule has 5 nitrogen and oxygen atoms in total. The van der Waals surface area contributed by atoms with Gasteiger partial charge in [-0.05, 0) is 51.1 Å². The fraction of sp³-hybridized carbons (Fsp3) is 0.632. The lowest BCUT2D eigenvalue weighted by atomic mass is 10.0. The molecule has 2 aliphatic rings. The lowest BCUT2D eigenvalue weighted by Crippen LogP contribution is -2.47. The molecule has 1 amide bonds. The average Bonchev–Trinajstić information content (AvgIpc) is 3.16. The number of rotatable bonds is 5. The predicted octanol–water partition coefficient (Wildman–Crippen LogP) is 1.90. The topological polar surface area (TPSA) is 47.6 Å². The minimum atomic E-state index is -0.258. The van der Waals surface area contributed by atoms with Crippen LogP contribution in [0.25, 0.3) is 0 Å². The van der Waals surface area contributed by atoms with Gasteiger partial charge >= 0.3 is 0 Å². The van der Waals surface area contributed by atoms with Gasteiger partial charge in [0, 0.05) is 37.4 Å². The summed E-state index contributed by atoms with van der Waals surface area (Å²) in [5, 5.41) is 6.27. The molecular weight excluding hydrogens is 319 g/mol. The van der Waals surface area contributed by atoms with E-state index < -0.39 is 0 Å². The normalized spacial score (nSPS) is 22.8. The molecular formula is C19H29FN4O. The van der Waals surface area contributed by atoms with Gasteiger partial charge < -0.3 is 20.4 Å². The van der Waals surface area contributed by atoms with Crippen molar-refractivity contribution in [2.24, 2.45) is 0 Å². The third-order valence-corrected chi connectivity index (χ3v) is 5.35. The molecule has 2 aliphatic heterocycles. The van der Waals surface area contributed by atoms with Crippen molar-refractivity contribution in [3.63, 3.8) is 0 Å². The van der Waals surface area contributed by atoms with Crippen molar-refractivity contribution in [3.05, 3.63) is 29.6 Å². The van der Waals surface area contributed by atoms with Crippen LogP contribution in [0, 0.1) is 5.82 Å². The molecule has 0 aromatic heterocycles.